The summed E-state index contributed by atoms with van der Waals surface area (Å²) in [6.07, 6.45) is 0.270. The second kappa shape index (κ2) is 5.42. The average Bonchev–Trinajstić information content (AvgIpc) is 2.28. The van der Waals surface area contributed by atoms with Crippen molar-refractivity contribution >= 4 is 34.7 Å². The molecule has 0 aromatic heterocycles. The van der Waals surface area contributed by atoms with Gasteiger partial charge in [-0.15, -0.1) is 0 Å². The molecule has 0 fully saturated rings. The highest BCUT2D eigenvalue weighted by molar-refractivity contribution is 6.31. The molecule has 0 bridgehead atoms. The molecule has 2 N–H and O–H groups in total. The molecule has 2 rings (SSSR count). The van der Waals surface area contributed by atoms with Crippen LogP contribution in [0.5, 0.6) is 0 Å². The summed E-state index contributed by atoms with van der Waals surface area (Å²) in [7, 11) is 0. The van der Waals surface area contributed by atoms with Gasteiger partial charge in [0.1, 0.15) is 0 Å². The van der Waals surface area contributed by atoms with E-state index in [2.05, 4.69) is 0 Å². The second-order valence-electron chi connectivity index (χ2n) is 3.96. The molecule has 0 saturated carbocycles. The predicted molar refractivity (Wildman–Crippen MR) is 75.4 cm³/mol. The predicted octanol–water partition coefficient (Wildman–Crippen LogP) is 4.00. The van der Waals surface area contributed by atoms with Crippen LogP contribution in [0.25, 0.3) is 0 Å². The number of hydrogen-bond acceptors (Lipinski definition) is 2. The number of carbonyl (C=O) groups excluding carboxylic acids is 1. The largest absolute Gasteiger partial charge is 0.398 e. The Balaban J connectivity index is 2.22. The molecule has 0 amide bonds. The first-order valence-electron chi connectivity index (χ1n) is 5.39. The Morgan fingerprint density at radius 3 is 2.44 bits per heavy atom. The normalized spacial score (nSPS) is 10.3. The number of rotatable bonds is 3. The van der Waals surface area contributed by atoms with Crippen molar-refractivity contribution in [3.8, 4) is 0 Å². The summed E-state index contributed by atoms with van der Waals surface area (Å²) in [6.45, 7) is 0. The van der Waals surface area contributed by atoms with Crippen LogP contribution >= 0.6 is 23.2 Å². The number of anilines is 1. The smallest absolute Gasteiger partial charge is 0.169 e. The molecule has 18 heavy (non-hydrogen) atoms. The van der Waals surface area contributed by atoms with Crippen LogP contribution in [0, 0.1) is 0 Å². The summed E-state index contributed by atoms with van der Waals surface area (Å²) >= 11 is 11.7. The number of hydrogen-bond donors (Lipinski definition) is 1. The summed E-state index contributed by atoms with van der Waals surface area (Å²) in [4.78, 5) is 12.1. The van der Waals surface area contributed by atoms with Gasteiger partial charge in [-0.25, -0.2) is 0 Å². The Bertz CT molecular complexity index is 596. The molecule has 92 valence electrons. The Morgan fingerprint density at radius 1 is 1.06 bits per heavy atom. The van der Waals surface area contributed by atoms with E-state index in [1.54, 1.807) is 30.3 Å². The Morgan fingerprint density at radius 2 is 1.78 bits per heavy atom. The van der Waals surface area contributed by atoms with Crippen molar-refractivity contribution in [1.29, 1.82) is 0 Å². The monoisotopic (exact) mass is 279 g/mol. The topological polar surface area (TPSA) is 43.1 Å². The maximum Gasteiger partial charge on any atom is 0.169 e. The summed E-state index contributed by atoms with van der Waals surface area (Å²) in [6, 6.07) is 12.1. The molecule has 0 aliphatic heterocycles. The van der Waals surface area contributed by atoms with Gasteiger partial charge in [0.05, 0.1) is 0 Å². The molecule has 0 heterocycles. The van der Waals surface area contributed by atoms with Gasteiger partial charge in [-0.05, 0) is 35.9 Å². The Hall–Kier alpha value is -1.51. The van der Waals surface area contributed by atoms with E-state index >= 15 is 0 Å². The van der Waals surface area contributed by atoms with Gasteiger partial charge in [-0.3, -0.25) is 4.79 Å². The average molecular weight is 280 g/mol. The van der Waals surface area contributed by atoms with Crippen molar-refractivity contribution in [1.82, 2.24) is 0 Å². The minimum absolute atomic E-state index is 0.0496. The summed E-state index contributed by atoms with van der Waals surface area (Å²) < 4.78 is 0. The van der Waals surface area contributed by atoms with Gasteiger partial charge < -0.3 is 5.73 Å². The molecule has 0 atom stereocenters. The van der Waals surface area contributed by atoms with Crippen LogP contribution in [0.1, 0.15) is 15.9 Å². The Labute approximate surface area is 115 Å². The van der Waals surface area contributed by atoms with Crippen LogP contribution in [-0.4, -0.2) is 5.78 Å². The van der Waals surface area contributed by atoms with Gasteiger partial charge in [0.2, 0.25) is 0 Å². The summed E-state index contributed by atoms with van der Waals surface area (Å²) in [5, 5.41) is 1.14. The minimum atomic E-state index is -0.0496. The van der Waals surface area contributed by atoms with E-state index in [0.29, 0.717) is 21.3 Å². The molecule has 0 unspecified atom stereocenters. The maximum absolute atomic E-state index is 12.1. The Kier molecular flexibility index (Phi) is 3.90. The molecule has 0 spiro atoms. The third-order valence-electron chi connectivity index (χ3n) is 2.57. The number of nitrogen functional groups attached to an aromatic ring is 1. The van der Waals surface area contributed by atoms with E-state index in [0.717, 1.165) is 5.56 Å². The van der Waals surface area contributed by atoms with Crippen molar-refractivity contribution in [2.75, 3.05) is 5.73 Å². The first-order chi connectivity index (χ1) is 8.56. The van der Waals surface area contributed by atoms with Crippen molar-refractivity contribution in [3.63, 3.8) is 0 Å². The lowest BCUT2D eigenvalue weighted by Gasteiger charge is -2.05. The second-order valence-corrected chi connectivity index (χ2v) is 4.83. The number of nitrogens with two attached hydrogens (primary N) is 1. The van der Waals surface area contributed by atoms with Crippen LogP contribution in [0.3, 0.4) is 0 Å². The van der Waals surface area contributed by atoms with Gasteiger partial charge in [0, 0.05) is 27.7 Å². The van der Waals surface area contributed by atoms with E-state index < -0.39 is 0 Å². The highest BCUT2D eigenvalue weighted by Gasteiger charge is 2.11. The first kappa shape index (κ1) is 12.9. The quantitative estimate of drug-likeness (QED) is 0.682. The SMILES string of the molecule is Nc1cc(Cl)ccc1C(=O)Cc1cccc(Cl)c1. The first-order valence-corrected chi connectivity index (χ1v) is 6.14. The van der Waals surface area contributed by atoms with E-state index in [1.165, 1.54) is 0 Å². The zero-order valence-corrected chi connectivity index (χ0v) is 11.0. The van der Waals surface area contributed by atoms with Crippen LogP contribution in [-0.2, 0) is 6.42 Å². The third kappa shape index (κ3) is 3.03. The van der Waals surface area contributed by atoms with Crippen LogP contribution in [0.2, 0.25) is 10.0 Å². The van der Waals surface area contributed by atoms with Gasteiger partial charge >= 0.3 is 0 Å². The number of carbonyl (C=O) groups is 1. The molecule has 2 aromatic rings. The standard InChI is InChI=1S/C14H11Cl2NO/c15-10-3-1-2-9(6-10)7-14(18)12-5-4-11(16)8-13(12)17/h1-6,8H,7,17H2. The minimum Gasteiger partial charge on any atom is -0.398 e. The molecule has 0 radical (unpaired) electrons. The van der Waals surface area contributed by atoms with Gasteiger partial charge in [-0.2, -0.15) is 0 Å². The van der Waals surface area contributed by atoms with E-state index in [4.69, 9.17) is 28.9 Å². The molecule has 0 saturated heterocycles. The zero-order chi connectivity index (χ0) is 13.1. The molecular formula is C14H11Cl2NO. The zero-order valence-electron chi connectivity index (χ0n) is 9.49. The van der Waals surface area contributed by atoms with E-state index in [9.17, 15) is 4.79 Å². The van der Waals surface area contributed by atoms with Crippen molar-refractivity contribution in [2.24, 2.45) is 0 Å². The molecule has 0 aliphatic carbocycles. The third-order valence-corrected chi connectivity index (χ3v) is 3.04. The molecule has 2 nitrogen and oxygen atoms in total. The maximum atomic E-state index is 12.1. The molecule has 4 heteroatoms. The number of Topliss-reactive ketones (excluding diaryl/α,β-unsaturated/α-hetero) is 1. The molecular weight excluding hydrogens is 269 g/mol. The number of ketones is 1. The van der Waals surface area contributed by atoms with Gasteiger partial charge in [-0.1, -0.05) is 35.3 Å². The fourth-order valence-corrected chi connectivity index (χ4v) is 2.11. The highest BCUT2D eigenvalue weighted by Crippen LogP contribution is 2.20. The fraction of sp³-hybridized carbons (Fsp3) is 0.0714. The summed E-state index contributed by atoms with van der Waals surface area (Å²) in [5.41, 5.74) is 7.52. The van der Waals surface area contributed by atoms with Crippen LogP contribution in [0.15, 0.2) is 42.5 Å². The number of benzene rings is 2. The lowest BCUT2D eigenvalue weighted by molar-refractivity contribution is 0.0994. The van der Waals surface area contributed by atoms with Crippen molar-refractivity contribution in [3.05, 3.63) is 63.6 Å². The van der Waals surface area contributed by atoms with Crippen molar-refractivity contribution in [2.45, 2.75) is 6.42 Å². The highest BCUT2D eigenvalue weighted by atomic mass is 35.5. The van der Waals surface area contributed by atoms with Gasteiger partial charge in [0.25, 0.3) is 0 Å². The summed E-state index contributed by atoms with van der Waals surface area (Å²) in [5.74, 6) is -0.0496. The van der Waals surface area contributed by atoms with E-state index in [-0.39, 0.29) is 12.2 Å². The molecule has 0 aliphatic rings. The van der Waals surface area contributed by atoms with Crippen LogP contribution < -0.4 is 5.73 Å². The lowest BCUT2D eigenvalue weighted by Crippen LogP contribution is -2.06. The lowest BCUT2D eigenvalue weighted by atomic mass is 10.0. The fourth-order valence-electron chi connectivity index (χ4n) is 1.72. The van der Waals surface area contributed by atoms with Gasteiger partial charge in [0.15, 0.2) is 5.78 Å². The van der Waals surface area contributed by atoms with E-state index in [1.807, 2.05) is 12.1 Å². The van der Waals surface area contributed by atoms with Crippen LogP contribution in [0.4, 0.5) is 5.69 Å². The number of halogens is 2. The molecule has 2 aromatic carbocycles. The van der Waals surface area contributed by atoms with Crippen molar-refractivity contribution < 1.29 is 4.79 Å².